The fourth-order valence-electron chi connectivity index (χ4n) is 0. The third kappa shape index (κ3) is 250. The molecule has 0 nitrogen and oxygen atoms in total. The van der Waals surface area contributed by atoms with Gasteiger partial charge in [-0.1, -0.05) is 41.0 Å². The van der Waals surface area contributed by atoms with E-state index < -0.39 is 0 Å². The van der Waals surface area contributed by atoms with E-state index in [4.69, 9.17) is 0 Å². The smallest absolute Gasteiger partial charge is 0.0500 e. The molecule has 0 aliphatic heterocycles. The van der Waals surface area contributed by atoms with Crippen LogP contribution < -0.4 is 0 Å². The normalized spacial score (nSPS) is 2.40. The van der Waals surface area contributed by atoms with Crippen LogP contribution in [-0.2, 0) is 0 Å². The minimum atomic E-state index is 0. The first-order valence-electron chi connectivity index (χ1n) is 3.15. The van der Waals surface area contributed by atoms with Crippen molar-refractivity contribution in [2.24, 2.45) is 0 Å². The Hall–Kier alpha value is 1.72. The van der Waals surface area contributed by atoms with Crippen molar-refractivity contribution in [1.29, 1.82) is 0 Å². The minimum Gasteiger partial charge on any atom is -0.153 e. The van der Waals surface area contributed by atoms with Crippen LogP contribution in [-0.4, -0.2) is 13.3 Å². The van der Waals surface area contributed by atoms with E-state index in [1.807, 2.05) is 41.0 Å². The van der Waals surface area contributed by atoms with Crippen molar-refractivity contribution in [2.75, 3.05) is 13.3 Å². The van der Waals surface area contributed by atoms with Gasteiger partial charge in [0.25, 0.3) is 0 Å². The largest absolute Gasteiger partial charge is 0.153 e. The second kappa shape index (κ2) is 342. The lowest BCUT2D eigenvalue weighted by Gasteiger charge is -1.10. The quantitative estimate of drug-likeness (QED) is 0.554. The molecule has 4 atom stereocenters. The number of hydrogen-bond acceptors (Lipinski definition) is 0. The van der Waals surface area contributed by atoms with Gasteiger partial charge in [-0.05, 0) is 0 Å². The highest BCUT2D eigenvalue weighted by molar-refractivity contribution is 7.15. The molecule has 0 fully saturated rings. The van der Waals surface area contributed by atoms with Gasteiger partial charge in [0, 0.05) is 0 Å². The zero-order valence-electron chi connectivity index (χ0n) is 8.57. The van der Waals surface area contributed by atoms with Crippen LogP contribution in [0, 0.1) is 0 Å². The predicted molar refractivity (Wildman–Crippen MR) is 76.2 cm³/mol. The van der Waals surface area contributed by atoms with E-state index in [0.29, 0.717) is 0 Å². The minimum absolute atomic E-state index is 0. The van der Waals surface area contributed by atoms with Crippen LogP contribution >= 0.6 is 38.3 Å². The third-order valence-electron chi connectivity index (χ3n) is 0. The van der Waals surface area contributed by atoms with Crippen LogP contribution in [0.1, 0.15) is 27.7 Å². The topological polar surface area (TPSA) is 0 Å². The van der Waals surface area contributed by atoms with Gasteiger partial charge < -0.3 is 0 Å². The molecule has 4 unspecified atom stereocenters. The molecule has 0 aromatic rings. The summed E-state index contributed by atoms with van der Waals surface area (Å²) in [6.45, 7) is 11.8. The van der Waals surface area contributed by atoms with Crippen LogP contribution in [0.2, 0.25) is 0 Å². The zero-order chi connectivity index (χ0) is 8.00. The van der Waals surface area contributed by atoms with E-state index in [1.165, 1.54) is 0 Å². The van der Waals surface area contributed by atoms with Crippen LogP contribution in [0.25, 0.3) is 0 Å². The Morgan fingerprint density at radius 1 is 0.500 bits per heavy atom. The summed E-state index contributed by atoms with van der Waals surface area (Å²) in [5, 5.41) is 0. The molecule has 4 heteroatoms. The highest BCUT2D eigenvalue weighted by atomic mass is 31.0. The van der Waals surface area contributed by atoms with E-state index in [1.54, 1.807) is 0 Å². The van der Waals surface area contributed by atoms with Gasteiger partial charge in [0.15, 0.2) is 0 Å². The predicted octanol–water partition coefficient (Wildman–Crippen LogP) is 3.15. The van der Waals surface area contributed by atoms with Crippen molar-refractivity contribution in [1.82, 2.24) is 0 Å². The summed E-state index contributed by atoms with van der Waals surface area (Å²) in [6.07, 6.45) is 0. The van der Waals surface area contributed by atoms with Crippen molar-refractivity contribution < 1.29 is 0 Å². The third-order valence-corrected chi connectivity index (χ3v) is 0. The van der Waals surface area contributed by atoms with Gasteiger partial charge in [0.2, 0.25) is 0 Å². The van der Waals surface area contributed by atoms with Gasteiger partial charge >= 0.3 is 0 Å². The molecule has 0 amide bonds. The van der Waals surface area contributed by atoms with Gasteiger partial charge in [-0.2, -0.15) is 19.8 Å². The molecule has 72 valence electrons. The molecular formula is C6H28P4. The zero-order valence-corrected chi connectivity index (χ0v) is 13.7. The SMILES string of the molecule is CC.CC.CP.CP.P.P. The molecule has 0 heterocycles. The fraction of sp³-hybridized carbons (Fsp3) is 1.00. The van der Waals surface area contributed by atoms with Crippen molar-refractivity contribution in [3.05, 3.63) is 0 Å². The van der Waals surface area contributed by atoms with Gasteiger partial charge in [0.1, 0.15) is 0 Å². The van der Waals surface area contributed by atoms with Crippen molar-refractivity contribution in [3.63, 3.8) is 0 Å². The lowest BCUT2D eigenvalue weighted by molar-refractivity contribution is 1.50. The van der Waals surface area contributed by atoms with Crippen LogP contribution in [0.3, 0.4) is 0 Å². The molecule has 0 N–H and O–H groups in total. The lowest BCUT2D eigenvalue weighted by atomic mass is 11.0. The maximum Gasteiger partial charge on any atom is -0.0500 e. The first kappa shape index (κ1) is 41.2. The van der Waals surface area contributed by atoms with E-state index in [-0.39, 0.29) is 19.8 Å². The summed E-state index contributed by atoms with van der Waals surface area (Å²) >= 11 is 0. The maximum absolute atomic E-state index is 2.42. The van der Waals surface area contributed by atoms with Crippen molar-refractivity contribution >= 4 is 38.3 Å². The second-order valence-corrected chi connectivity index (χ2v) is 0. The Kier molecular flexibility index (Phi) is 1410. The van der Waals surface area contributed by atoms with Gasteiger partial charge in [-0.3, -0.25) is 0 Å². The van der Waals surface area contributed by atoms with E-state index >= 15 is 0 Å². The Labute approximate surface area is 79.7 Å². The molecule has 10 heavy (non-hydrogen) atoms. The highest BCUT2D eigenvalue weighted by Gasteiger charge is 0.934. The van der Waals surface area contributed by atoms with E-state index in [9.17, 15) is 0 Å². The summed E-state index contributed by atoms with van der Waals surface area (Å²) in [6, 6.07) is 0. The molecule has 0 rings (SSSR count). The molecular weight excluding hydrogens is 196 g/mol. The van der Waals surface area contributed by atoms with E-state index in [0.717, 1.165) is 0 Å². The Morgan fingerprint density at radius 2 is 0.500 bits per heavy atom. The Morgan fingerprint density at radius 3 is 0.500 bits per heavy atom. The lowest BCUT2D eigenvalue weighted by Crippen LogP contribution is -0.856. The Balaban J connectivity index is -0.00000000500. The molecule has 0 aliphatic rings. The number of rotatable bonds is 0. The monoisotopic (exact) mass is 224 g/mol. The maximum atomic E-state index is 2.42. The summed E-state index contributed by atoms with van der Waals surface area (Å²) < 4.78 is 0. The molecule has 0 aliphatic carbocycles. The molecule has 0 radical (unpaired) electrons. The summed E-state index contributed by atoms with van der Waals surface area (Å²) in [5.41, 5.74) is 0. The van der Waals surface area contributed by atoms with Gasteiger partial charge in [-0.15, -0.1) is 18.5 Å². The summed E-state index contributed by atoms with van der Waals surface area (Å²) in [5.74, 6) is 0. The van der Waals surface area contributed by atoms with Gasteiger partial charge in [-0.25, -0.2) is 0 Å². The summed E-state index contributed by atoms with van der Waals surface area (Å²) in [7, 11) is 4.83. The van der Waals surface area contributed by atoms with Crippen LogP contribution in [0.4, 0.5) is 0 Å². The molecule has 0 saturated carbocycles. The average molecular weight is 224 g/mol. The van der Waals surface area contributed by atoms with Crippen LogP contribution in [0.15, 0.2) is 0 Å². The molecule has 0 saturated heterocycles. The van der Waals surface area contributed by atoms with Crippen LogP contribution in [0.5, 0.6) is 0 Å². The van der Waals surface area contributed by atoms with Gasteiger partial charge in [0.05, 0.1) is 0 Å². The van der Waals surface area contributed by atoms with Crippen molar-refractivity contribution in [3.8, 4) is 0 Å². The molecule has 0 bridgehead atoms. The molecule has 0 aromatic carbocycles. The average Bonchev–Trinajstić information content (AvgIpc) is 2.03. The summed E-state index contributed by atoms with van der Waals surface area (Å²) in [4.78, 5) is 0. The fourth-order valence-corrected chi connectivity index (χ4v) is 0. The number of hydrogen-bond donors (Lipinski definition) is 0. The second-order valence-electron chi connectivity index (χ2n) is 0. The first-order chi connectivity index (χ1) is 4.00. The molecule has 0 spiro atoms. The first-order valence-corrected chi connectivity index (χ1v) is 5.46. The van der Waals surface area contributed by atoms with Crippen molar-refractivity contribution in [2.45, 2.75) is 27.7 Å². The standard InChI is InChI=1S/2C2H6.2CH5P.2H3P/c4*1-2;;/h2*1-2H3;2*2H2,1H3;2*1H3. The Bertz CT molecular complexity index is 9.71. The van der Waals surface area contributed by atoms with E-state index in [2.05, 4.69) is 18.5 Å². The molecule has 0 aromatic heterocycles. The highest BCUT2D eigenvalue weighted by Crippen LogP contribution is 1.46.